The first-order valence-corrected chi connectivity index (χ1v) is 15.0. The van der Waals surface area contributed by atoms with Crippen LogP contribution in [0.3, 0.4) is 0 Å². The number of aliphatic carboxylic acids is 3. The Labute approximate surface area is 245 Å². The molecule has 0 rings (SSSR count). The van der Waals surface area contributed by atoms with Crippen LogP contribution in [0.25, 0.3) is 0 Å². The molecule has 0 fully saturated rings. The average molecular weight is 588 g/mol. The molecular formula is C30H51O11-3. The first-order chi connectivity index (χ1) is 19.4. The van der Waals surface area contributed by atoms with Crippen molar-refractivity contribution in [3.8, 4) is 0 Å². The van der Waals surface area contributed by atoms with Gasteiger partial charge in [0.1, 0.15) is 5.60 Å². The summed E-state index contributed by atoms with van der Waals surface area (Å²) >= 11 is 0. The number of carbonyl (C=O) groups is 5. The lowest BCUT2D eigenvalue weighted by atomic mass is 9.61. The molecule has 0 amide bonds. The predicted molar refractivity (Wildman–Crippen MR) is 145 cm³/mol. The molecular weight excluding hydrogens is 536 g/mol. The van der Waals surface area contributed by atoms with Gasteiger partial charge in [0.05, 0.1) is 25.2 Å². The predicted octanol–water partition coefficient (Wildman–Crippen LogP) is 1.59. The quantitative estimate of drug-likeness (QED) is 0.135. The van der Waals surface area contributed by atoms with Crippen LogP contribution in [0.5, 0.6) is 0 Å². The molecule has 0 radical (unpaired) electrons. The molecule has 1 N–H and O–H groups in total. The molecule has 0 saturated heterocycles. The van der Waals surface area contributed by atoms with Crippen LogP contribution < -0.4 is 15.3 Å². The summed E-state index contributed by atoms with van der Waals surface area (Å²) in [5.41, 5.74) is -5.35. The van der Waals surface area contributed by atoms with E-state index in [9.17, 15) is 44.4 Å². The minimum absolute atomic E-state index is 0.0664. The van der Waals surface area contributed by atoms with Crippen LogP contribution in [-0.2, 0) is 33.4 Å². The van der Waals surface area contributed by atoms with Gasteiger partial charge in [0, 0.05) is 30.1 Å². The standard InChI is InChI=1S/C18H34O4.C12H20O7/c1-3-5-15-21-17(19)13-11-9-7-8-10-12-14-18(20)22-16-6-4-2;1-4-7(8(13)14)12(19,10(17)18)11(5-2,6-3)9(15)16/h3-16H2,1-2H3;7,19H,4-6H2,1-3H3,(H,13,14)(H,15,16)(H,17,18)/p-3. The van der Waals surface area contributed by atoms with Crippen molar-refractivity contribution in [3.63, 3.8) is 0 Å². The summed E-state index contributed by atoms with van der Waals surface area (Å²) in [5.74, 6) is -7.87. The van der Waals surface area contributed by atoms with Crippen LogP contribution >= 0.6 is 0 Å². The van der Waals surface area contributed by atoms with Gasteiger partial charge in [0.15, 0.2) is 0 Å². The van der Waals surface area contributed by atoms with Crippen molar-refractivity contribution in [3.05, 3.63) is 0 Å². The van der Waals surface area contributed by atoms with Crippen molar-refractivity contribution in [2.45, 2.75) is 137 Å². The average Bonchev–Trinajstić information content (AvgIpc) is 2.91. The van der Waals surface area contributed by atoms with E-state index < -0.39 is 34.8 Å². The minimum Gasteiger partial charge on any atom is -0.550 e. The summed E-state index contributed by atoms with van der Waals surface area (Å²) in [4.78, 5) is 56.3. The molecule has 2 atom stereocenters. The Morgan fingerprint density at radius 1 is 0.634 bits per heavy atom. The lowest BCUT2D eigenvalue weighted by molar-refractivity contribution is -0.364. The monoisotopic (exact) mass is 587 g/mol. The van der Waals surface area contributed by atoms with Crippen molar-refractivity contribution in [2.24, 2.45) is 11.3 Å². The lowest BCUT2D eigenvalue weighted by Gasteiger charge is -2.52. The summed E-state index contributed by atoms with van der Waals surface area (Å²) < 4.78 is 10.2. The molecule has 0 heterocycles. The number of hydrogen-bond donors (Lipinski definition) is 1. The van der Waals surface area contributed by atoms with Crippen molar-refractivity contribution in [1.82, 2.24) is 0 Å². The largest absolute Gasteiger partial charge is 0.550 e. The Morgan fingerprint density at radius 3 is 1.29 bits per heavy atom. The zero-order valence-electron chi connectivity index (χ0n) is 25.6. The normalized spacial score (nSPS) is 13.2. The highest BCUT2D eigenvalue weighted by Gasteiger charge is 2.55. The van der Waals surface area contributed by atoms with E-state index in [0.717, 1.165) is 64.2 Å². The number of ether oxygens (including phenoxy) is 2. The van der Waals surface area contributed by atoms with E-state index in [2.05, 4.69) is 13.8 Å². The molecule has 11 heteroatoms. The van der Waals surface area contributed by atoms with E-state index in [-0.39, 0.29) is 31.2 Å². The van der Waals surface area contributed by atoms with Crippen molar-refractivity contribution >= 4 is 29.8 Å². The Hall–Kier alpha value is -2.69. The SMILES string of the molecule is CCC(C(=O)[O-])C(O)(C(=O)[O-])C(CC)(CC)C(=O)[O-].CCCCOC(=O)CCCCCCCCC(=O)OCCCC. The molecule has 0 aliphatic heterocycles. The summed E-state index contributed by atoms with van der Waals surface area (Å²) in [6, 6.07) is 0. The van der Waals surface area contributed by atoms with Gasteiger partial charge in [0.2, 0.25) is 0 Å². The Morgan fingerprint density at radius 2 is 1.02 bits per heavy atom. The third-order valence-corrected chi connectivity index (χ3v) is 7.37. The molecule has 0 saturated carbocycles. The van der Waals surface area contributed by atoms with Gasteiger partial charge in [-0.1, -0.05) is 73.1 Å². The fourth-order valence-electron chi connectivity index (χ4n) is 4.59. The first-order valence-electron chi connectivity index (χ1n) is 15.0. The number of hydrogen-bond acceptors (Lipinski definition) is 11. The molecule has 11 nitrogen and oxygen atoms in total. The fourth-order valence-corrected chi connectivity index (χ4v) is 4.59. The van der Waals surface area contributed by atoms with Gasteiger partial charge in [0.25, 0.3) is 0 Å². The third-order valence-electron chi connectivity index (χ3n) is 7.37. The van der Waals surface area contributed by atoms with Crippen LogP contribution in [0.1, 0.15) is 131 Å². The smallest absolute Gasteiger partial charge is 0.305 e. The Bertz CT molecular complexity index is 748. The molecule has 0 aromatic carbocycles. The second-order valence-electron chi connectivity index (χ2n) is 10.2. The van der Waals surface area contributed by atoms with E-state index in [1.807, 2.05) is 0 Å². The number of carboxylic acid groups (broad SMARTS) is 3. The van der Waals surface area contributed by atoms with Gasteiger partial charge in [-0.15, -0.1) is 0 Å². The van der Waals surface area contributed by atoms with Crippen LogP contribution in [0.4, 0.5) is 0 Å². The van der Waals surface area contributed by atoms with Gasteiger partial charge in [-0.05, 0) is 44.9 Å². The van der Waals surface area contributed by atoms with Crippen LogP contribution in [-0.4, -0.2) is 53.8 Å². The topological polar surface area (TPSA) is 193 Å². The lowest BCUT2D eigenvalue weighted by Crippen LogP contribution is -2.70. The molecule has 0 bridgehead atoms. The van der Waals surface area contributed by atoms with Crippen LogP contribution in [0.2, 0.25) is 0 Å². The highest BCUT2D eigenvalue weighted by Crippen LogP contribution is 2.43. The highest BCUT2D eigenvalue weighted by molar-refractivity contribution is 5.91. The van der Waals surface area contributed by atoms with Crippen LogP contribution in [0.15, 0.2) is 0 Å². The molecule has 2 unspecified atom stereocenters. The number of unbranched alkanes of at least 4 members (excludes halogenated alkanes) is 7. The number of esters is 2. The van der Waals surface area contributed by atoms with Gasteiger partial charge >= 0.3 is 11.9 Å². The maximum Gasteiger partial charge on any atom is 0.305 e. The second-order valence-corrected chi connectivity index (χ2v) is 10.2. The van der Waals surface area contributed by atoms with E-state index in [1.165, 1.54) is 20.8 Å². The molecule has 0 aromatic rings. The summed E-state index contributed by atoms with van der Waals surface area (Å²) in [7, 11) is 0. The van der Waals surface area contributed by atoms with E-state index in [1.54, 1.807) is 0 Å². The molecule has 0 aliphatic rings. The van der Waals surface area contributed by atoms with Crippen molar-refractivity contribution in [2.75, 3.05) is 13.2 Å². The zero-order valence-corrected chi connectivity index (χ0v) is 25.6. The maximum absolute atomic E-state index is 11.4. The minimum atomic E-state index is -3.09. The highest BCUT2D eigenvalue weighted by atomic mass is 16.5. The number of carbonyl (C=O) groups excluding carboxylic acids is 5. The molecule has 0 spiro atoms. The molecule has 41 heavy (non-hydrogen) atoms. The number of carboxylic acids is 3. The summed E-state index contributed by atoms with van der Waals surface area (Å²) in [6.45, 7) is 9.25. The molecule has 0 aliphatic carbocycles. The van der Waals surface area contributed by atoms with Gasteiger partial charge in [-0.3, -0.25) is 9.59 Å². The summed E-state index contributed by atoms with van der Waals surface area (Å²) in [5, 5.41) is 43.9. The van der Waals surface area contributed by atoms with E-state index >= 15 is 0 Å². The molecule has 0 aromatic heterocycles. The second kappa shape index (κ2) is 22.9. The van der Waals surface area contributed by atoms with Crippen LogP contribution in [0, 0.1) is 11.3 Å². The number of rotatable bonds is 23. The van der Waals surface area contributed by atoms with Gasteiger partial charge in [-0.25, -0.2) is 0 Å². The van der Waals surface area contributed by atoms with Gasteiger partial charge < -0.3 is 44.3 Å². The maximum atomic E-state index is 11.4. The van der Waals surface area contributed by atoms with Crippen molar-refractivity contribution in [1.29, 1.82) is 0 Å². The number of aliphatic hydroxyl groups is 1. The van der Waals surface area contributed by atoms with Crippen molar-refractivity contribution < 1.29 is 53.9 Å². The fraction of sp³-hybridized carbons (Fsp3) is 0.833. The first kappa shape index (κ1) is 40.4. The zero-order chi connectivity index (χ0) is 31.9. The Kier molecular flexibility index (Phi) is 22.6. The van der Waals surface area contributed by atoms with E-state index in [0.29, 0.717) is 26.1 Å². The Balaban J connectivity index is 0. The van der Waals surface area contributed by atoms with Gasteiger partial charge in [-0.2, -0.15) is 0 Å². The summed E-state index contributed by atoms with van der Waals surface area (Å²) in [6.07, 6.45) is 10.3. The molecule has 240 valence electrons. The third kappa shape index (κ3) is 14.2. The van der Waals surface area contributed by atoms with E-state index in [4.69, 9.17) is 9.47 Å².